The zero-order chi connectivity index (χ0) is 10.1. The number of hydrogen-bond donors (Lipinski definition) is 2. The molecule has 0 saturated heterocycles. The van der Waals surface area contributed by atoms with E-state index in [0.717, 1.165) is 9.26 Å². The molecule has 2 aromatic rings. The molecular formula is C9H7FIN3. The second-order valence-electron chi connectivity index (χ2n) is 2.81. The van der Waals surface area contributed by atoms with E-state index in [9.17, 15) is 4.39 Å². The van der Waals surface area contributed by atoms with Crippen LogP contribution >= 0.6 is 22.6 Å². The lowest BCUT2D eigenvalue weighted by atomic mass is 10.1. The molecule has 1 aromatic heterocycles. The summed E-state index contributed by atoms with van der Waals surface area (Å²) in [6, 6.07) is 6.07. The number of hydrogen-bond acceptors (Lipinski definition) is 2. The summed E-state index contributed by atoms with van der Waals surface area (Å²) in [5.74, 6) is -0.266. The number of nitrogens with zero attached hydrogens (tertiary/aromatic N) is 1. The van der Waals surface area contributed by atoms with Gasteiger partial charge in [-0.2, -0.15) is 5.10 Å². The van der Waals surface area contributed by atoms with E-state index in [1.54, 1.807) is 12.1 Å². The van der Waals surface area contributed by atoms with Gasteiger partial charge in [-0.3, -0.25) is 5.10 Å². The van der Waals surface area contributed by atoms with Gasteiger partial charge in [-0.15, -0.1) is 0 Å². The molecule has 3 N–H and O–H groups in total. The first-order chi connectivity index (χ1) is 6.68. The Balaban J connectivity index is 2.49. The summed E-state index contributed by atoms with van der Waals surface area (Å²) >= 11 is 2.06. The predicted molar refractivity (Wildman–Crippen MR) is 61.1 cm³/mol. The van der Waals surface area contributed by atoms with Crippen molar-refractivity contribution < 1.29 is 4.39 Å². The summed E-state index contributed by atoms with van der Waals surface area (Å²) in [5, 5.41) is 6.80. The van der Waals surface area contributed by atoms with E-state index >= 15 is 0 Å². The molecule has 0 aliphatic heterocycles. The molecule has 0 aliphatic carbocycles. The van der Waals surface area contributed by atoms with Gasteiger partial charge in [-0.1, -0.05) is 0 Å². The van der Waals surface area contributed by atoms with Gasteiger partial charge in [0.05, 0.1) is 5.69 Å². The van der Waals surface area contributed by atoms with Gasteiger partial charge in [0.15, 0.2) is 0 Å². The number of nitrogens with one attached hydrogen (secondary N) is 1. The van der Waals surface area contributed by atoms with Crippen LogP contribution < -0.4 is 5.73 Å². The third-order valence-electron chi connectivity index (χ3n) is 1.88. The minimum Gasteiger partial charge on any atom is -0.395 e. The summed E-state index contributed by atoms with van der Waals surface area (Å²) in [5.41, 5.74) is 7.84. The number of halogens is 2. The topological polar surface area (TPSA) is 54.7 Å². The van der Waals surface area contributed by atoms with Crippen molar-refractivity contribution in [3.05, 3.63) is 33.8 Å². The molecular weight excluding hydrogens is 296 g/mol. The first-order valence-electron chi connectivity index (χ1n) is 3.94. The maximum atomic E-state index is 12.6. The molecule has 3 nitrogen and oxygen atoms in total. The first kappa shape index (κ1) is 9.45. The number of nitrogens with two attached hydrogens (primary N) is 1. The Kier molecular flexibility index (Phi) is 2.40. The van der Waals surface area contributed by atoms with Crippen molar-refractivity contribution in [2.24, 2.45) is 0 Å². The van der Waals surface area contributed by atoms with Crippen LogP contribution in [-0.4, -0.2) is 10.2 Å². The van der Waals surface area contributed by atoms with Gasteiger partial charge >= 0.3 is 0 Å². The number of H-pyrrole nitrogens is 1. The molecule has 0 radical (unpaired) electrons. The van der Waals surface area contributed by atoms with E-state index in [2.05, 4.69) is 32.8 Å². The highest BCUT2D eigenvalue weighted by Crippen LogP contribution is 2.26. The smallest absolute Gasteiger partial charge is 0.123 e. The van der Waals surface area contributed by atoms with Crippen LogP contribution in [-0.2, 0) is 0 Å². The number of aromatic amines is 1. The average Bonchev–Trinajstić information content (AvgIpc) is 2.50. The Bertz CT molecular complexity index is 450. The van der Waals surface area contributed by atoms with Gasteiger partial charge in [-0.25, -0.2) is 4.39 Å². The zero-order valence-corrected chi connectivity index (χ0v) is 9.25. The summed E-state index contributed by atoms with van der Waals surface area (Å²) in [6.07, 6.45) is 0. The maximum absolute atomic E-state index is 12.6. The monoisotopic (exact) mass is 303 g/mol. The van der Waals surface area contributed by atoms with Crippen LogP contribution in [0.15, 0.2) is 24.3 Å². The van der Waals surface area contributed by atoms with Gasteiger partial charge < -0.3 is 5.73 Å². The third kappa shape index (κ3) is 1.59. The van der Waals surface area contributed by atoms with E-state index in [-0.39, 0.29) is 5.82 Å². The van der Waals surface area contributed by atoms with Crippen molar-refractivity contribution in [3.63, 3.8) is 0 Å². The molecule has 0 atom stereocenters. The van der Waals surface area contributed by atoms with Crippen LogP contribution in [0.4, 0.5) is 10.1 Å². The molecule has 0 saturated carbocycles. The molecule has 0 amide bonds. The largest absolute Gasteiger partial charge is 0.395 e. The Morgan fingerprint density at radius 1 is 1.29 bits per heavy atom. The fraction of sp³-hybridized carbons (Fsp3) is 0. The van der Waals surface area contributed by atoms with Gasteiger partial charge in [-0.05, 0) is 46.9 Å². The third-order valence-corrected chi connectivity index (χ3v) is 2.70. The minimum absolute atomic E-state index is 0.266. The summed E-state index contributed by atoms with van der Waals surface area (Å²) < 4.78 is 13.4. The van der Waals surface area contributed by atoms with Crippen molar-refractivity contribution in [2.45, 2.75) is 0 Å². The fourth-order valence-electron chi connectivity index (χ4n) is 1.16. The number of aromatic nitrogens is 2. The summed E-state index contributed by atoms with van der Waals surface area (Å²) in [7, 11) is 0. The Morgan fingerprint density at radius 2 is 1.93 bits per heavy atom. The van der Waals surface area contributed by atoms with E-state index in [1.807, 2.05) is 0 Å². The van der Waals surface area contributed by atoms with Crippen LogP contribution in [0.1, 0.15) is 0 Å². The van der Waals surface area contributed by atoms with Crippen LogP contribution in [0, 0.1) is 9.52 Å². The van der Waals surface area contributed by atoms with Crippen molar-refractivity contribution in [3.8, 4) is 11.3 Å². The SMILES string of the molecule is Nc1c(-c2ccc(F)cc2)n[nH]c1I. The Hall–Kier alpha value is -1.11. The molecule has 0 unspecified atom stereocenters. The summed E-state index contributed by atoms with van der Waals surface area (Å²) in [6.45, 7) is 0. The van der Waals surface area contributed by atoms with Gasteiger partial charge in [0.1, 0.15) is 15.2 Å². The fourth-order valence-corrected chi connectivity index (χ4v) is 1.53. The number of nitrogen functional groups attached to an aromatic ring is 1. The molecule has 5 heteroatoms. The highest BCUT2D eigenvalue weighted by atomic mass is 127. The van der Waals surface area contributed by atoms with Crippen molar-refractivity contribution >= 4 is 28.3 Å². The van der Waals surface area contributed by atoms with E-state index < -0.39 is 0 Å². The summed E-state index contributed by atoms with van der Waals surface area (Å²) in [4.78, 5) is 0. The van der Waals surface area contributed by atoms with Crippen molar-refractivity contribution in [2.75, 3.05) is 5.73 Å². The zero-order valence-electron chi connectivity index (χ0n) is 7.09. The van der Waals surface area contributed by atoms with Crippen LogP contribution in [0.25, 0.3) is 11.3 Å². The number of anilines is 1. The molecule has 0 bridgehead atoms. The lowest BCUT2D eigenvalue weighted by Crippen LogP contribution is -1.88. The van der Waals surface area contributed by atoms with Crippen molar-refractivity contribution in [1.82, 2.24) is 10.2 Å². The molecule has 0 spiro atoms. The maximum Gasteiger partial charge on any atom is 0.123 e. The van der Waals surface area contributed by atoms with Crippen LogP contribution in [0.5, 0.6) is 0 Å². The number of benzene rings is 1. The lowest BCUT2D eigenvalue weighted by Gasteiger charge is -1.97. The van der Waals surface area contributed by atoms with Crippen molar-refractivity contribution in [1.29, 1.82) is 0 Å². The van der Waals surface area contributed by atoms with E-state index in [1.165, 1.54) is 12.1 Å². The lowest BCUT2D eigenvalue weighted by molar-refractivity contribution is 0.628. The minimum atomic E-state index is -0.266. The Labute approximate surface area is 93.7 Å². The standard InChI is InChI=1S/C9H7FIN3/c10-6-3-1-5(2-4-6)8-7(12)9(11)14-13-8/h1-4H,12H2,(H,13,14). The average molecular weight is 303 g/mol. The van der Waals surface area contributed by atoms with Gasteiger partial charge in [0.2, 0.25) is 0 Å². The molecule has 0 fully saturated rings. The molecule has 72 valence electrons. The van der Waals surface area contributed by atoms with E-state index in [0.29, 0.717) is 11.4 Å². The second kappa shape index (κ2) is 3.56. The number of rotatable bonds is 1. The molecule has 0 aliphatic rings. The highest BCUT2D eigenvalue weighted by molar-refractivity contribution is 14.1. The van der Waals surface area contributed by atoms with Crippen LogP contribution in [0.2, 0.25) is 0 Å². The Morgan fingerprint density at radius 3 is 2.43 bits per heavy atom. The molecule has 1 heterocycles. The predicted octanol–water partition coefficient (Wildman–Crippen LogP) is 2.40. The molecule has 1 aromatic carbocycles. The normalized spacial score (nSPS) is 10.4. The highest BCUT2D eigenvalue weighted by Gasteiger charge is 2.09. The first-order valence-corrected chi connectivity index (χ1v) is 5.01. The molecule has 2 rings (SSSR count). The van der Waals surface area contributed by atoms with Gasteiger partial charge in [0, 0.05) is 5.56 Å². The second-order valence-corrected chi connectivity index (χ2v) is 3.89. The van der Waals surface area contributed by atoms with Gasteiger partial charge in [0.25, 0.3) is 0 Å². The molecule has 14 heavy (non-hydrogen) atoms. The quantitative estimate of drug-likeness (QED) is 0.795. The van der Waals surface area contributed by atoms with E-state index in [4.69, 9.17) is 5.73 Å². The van der Waals surface area contributed by atoms with Crippen LogP contribution in [0.3, 0.4) is 0 Å².